The smallest absolute Gasteiger partial charge is 0.287 e. The van der Waals surface area contributed by atoms with Gasteiger partial charge in [-0.3, -0.25) is 4.79 Å². The molecule has 21 heavy (non-hydrogen) atoms. The number of nitrogens with one attached hydrogen (secondary N) is 1. The number of amides is 1. The molecule has 0 aliphatic rings. The first-order valence-corrected chi connectivity index (χ1v) is 6.78. The summed E-state index contributed by atoms with van der Waals surface area (Å²) < 4.78 is 18.4. The highest BCUT2D eigenvalue weighted by atomic mass is 19.1. The summed E-state index contributed by atoms with van der Waals surface area (Å²) in [5.41, 5.74) is 0.701. The molecule has 0 fully saturated rings. The van der Waals surface area contributed by atoms with Gasteiger partial charge in [-0.05, 0) is 49.2 Å². The molecule has 2 unspecified atom stereocenters. The van der Waals surface area contributed by atoms with Crippen molar-refractivity contribution in [1.82, 2.24) is 5.32 Å². The Kier molecular flexibility index (Phi) is 4.75. The molecule has 1 amide bonds. The van der Waals surface area contributed by atoms with Crippen molar-refractivity contribution < 1.29 is 18.7 Å². The number of aliphatic hydroxyl groups is 1. The molecule has 0 aliphatic carbocycles. The summed E-state index contributed by atoms with van der Waals surface area (Å²) >= 11 is 0. The lowest BCUT2D eigenvalue weighted by molar-refractivity contribution is 0.0889. The van der Waals surface area contributed by atoms with Gasteiger partial charge in [-0.15, -0.1) is 0 Å². The highest BCUT2D eigenvalue weighted by Gasteiger charge is 2.18. The molecular formula is C16H18FNO3. The van der Waals surface area contributed by atoms with Crippen LogP contribution in [0.4, 0.5) is 4.39 Å². The third-order valence-corrected chi connectivity index (χ3v) is 3.46. The van der Waals surface area contributed by atoms with Gasteiger partial charge < -0.3 is 14.8 Å². The predicted octanol–water partition coefficient (Wildman–Crippen LogP) is 2.83. The number of benzene rings is 1. The van der Waals surface area contributed by atoms with E-state index in [2.05, 4.69) is 5.32 Å². The van der Waals surface area contributed by atoms with Gasteiger partial charge >= 0.3 is 0 Å². The largest absolute Gasteiger partial charge is 0.451 e. The number of halogens is 1. The highest BCUT2D eigenvalue weighted by Crippen LogP contribution is 2.22. The van der Waals surface area contributed by atoms with E-state index in [4.69, 9.17) is 9.52 Å². The zero-order chi connectivity index (χ0) is 15.4. The van der Waals surface area contributed by atoms with Crippen molar-refractivity contribution in [3.63, 3.8) is 0 Å². The maximum atomic E-state index is 12.9. The Morgan fingerprint density at radius 1 is 1.24 bits per heavy atom. The lowest BCUT2D eigenvalue weighted by Gasteiger charge is -2.18. The minimum absolute atomic E-state index is 0.000427. The van der Waals surface area contributed by atoms with Crippen molar-refractivity contribution in [2.45, 2.75) is 19.9 Å². The molecule has 5 heteroatoms. The van der Waals surface area contributed by atoms with Crippen LogP contribution in [0.3, 0.4) is 0 Å². The number of aliphatic hydroxyl groups excluding tert-OH is 1. The molecule has 1 aromatic heterocycles. The summed E-state index contributed by atoms with van der Waals surface area (Å²) in [6, 6.07) is 8.93. The van der Waals surface area contributed by atoms with Crippen molar-refractivity contribution in [3.05, 3.63) is 48.0 Å². The molecule has 4 nitrogen and oxygen atoms in total. The summed E-state index contributed by atoms with van der Waals surface area (Å²) in [5.74, 6) is -0.0129. The molecule has 0 radical (unpaired) electrons. The Hall–Kier alpha value is -2.14. The van der Waals surface area contributed by atoms with Crippen LogP contribution in [0.1, 0.15) is 24.4 Å². The summed E-state index contributed by atoms with van der Waals surface area (Å²) in [5, 5.41) is 11.8. The van der Waals surface area contributed by atoms with Crippen molar-refractivity contribution >= 4 is 5.91 Å². The van der Waals surface area contributed by atoms with Crippen LogP contribution < -0.4 is 5.32 Å². The van der Waals surface area contributed by atoms with Crippen molar-refractivity contribution in [2.75, 3.05) is 6.61 Å². The van der Waals surface area contributed by atoms with Crippen LogP contribution >= 0.6 is 0 Å². The number of carbonyl (C=O) groups is 1. The Labute approximate surface area is 122 Å². The van der Waals surface area contributed by atoms with Gasteiger partial charge in [0.15, 0.2) is 5.76 Å². The average Bonchev–Trinajstić information content (AvgIpc) is 2.97. The lowest BCUT2D eigenvalue weighted by atomic mass is 10.1. The third-order valence-electron chi connectivity index (χ3n) is 3.46. The zero-order valence-electron chi connectivity index (χ0n) is 12.0. The van der Waals surface area contributed by atoms with Gasteiger partial charge in [-0.2, -0.15) is 0 Å². The first-order valence-electron chi connectivity index (χ1n) is 6.78. The van der Waals surface area contributed by atoms with Crippen molar-refractivity contribution in [3.8, 4) is 11.3 Å². The maximum absolute atomic E-state index is 12.9. The first kappa shape index (κ1) is 15.3. The number of carbonyl (C=O) groups excluding carboxylic acids is 1. The molecule has 0 spiro atoms. The van der Waals surface area contributed by atoms with E-state index in [-0.39, 0.29) is 36.1 Å². The molecule has 0 bridgehead atoms. The fourth-order valence-electron chi connectivity index (χ4n) is 1.81. The molecular weight excluding hydrogens is 273 g/mol. The van der Waals surface area contributed by atoms with E-state index in [1.165, 1.54) is 12.1 Å². The molecule has 0 saturated carbocycles. The Morgan fingerprint density at radius 3 is 2.52 bits per heavy atom. The quantitative estimate of drug-likeness (QED) is 0.890. The monoisotopic (exact) mass is 291 g/mol. The standard InChI is InChI=1S/C16H18FNO3/c1-10(9-19)11(2)18-16(20)15-8-7-14(21-15)12-3-5-13(17)6-4-12/h3-8,10-11,19H,9H2,1-2H3,(H,18,20). The predicted molar refractivity (Wildman–Crippen MR) is 77.3 cm³/mol. The Bertz CT molecular complexity index is 606. The zero-order valence-corrected chi connectivity index (χ0v) is 12.0. The van der Waals surface area contributed by atoms with Gasteiger partial charge in [0.2, 0.25) is 0 Å². The van der Waals surface area contributed by atoms with Gasteiger partial charge in [0, 0.05) is 18.2 Å². The topological polar surface area (TPSA) is 62.5 Å². The fourth-order valence-corrected chi connectivity index (χ4v) is 1.81. The number of furan rings is 1. The van der Waals surface area contributed by atoms with E-state index in [0.29, 0.717) is 11.3 Å². The van der Waals surface area contributed by atoms with Crippen LogP contribution in [-0.4, -0.2) is 23.7 Å². The SMILES string of the molecule is CC(CO)C(C)NC(=O)c1ccc(-c2ccc(F)cc2)o1. The number of hydrogen-bond acceptors (Lipinski definition) is 3. The summed E-state index contributed by atoms with van der Waals surface area (Å²) in [6.07, 6.45) is 0. The second kappa shape index (κ2) is 6.54. The van der Waals surface area contributed by atoms with Crippen LogP contribution in [0.2, 0.25) is 0 Å². The highest BCUT2D eigenvalue weighted by molar-refractivity contribution is 5.92. The molecule has 2 atom stereocenters. The minimum Gasteiger partial charge on any atom is -0.451 e. The van der Waals surface area contributed by atoms with Gasteiger partial charge in [-0.25, -0.2) is 4.39 Å². The van der Waals surface area contributed by atoms with Crippen LogP contribution in [0, 0.1) is 11.7 Å². The first-order chi connectivity index (χ1) is 10.0. The molecule has 2 N–H and O–H groups in total. The maximum Gasteiger partial charge on any atom is 0.287 e. The molecule has 2 rings (SSSR count). The van der Waals surface area contributed by atoms with Crippen molar-refractivity contribution in [1.29, 1.82) is 0 Å². The molecule has 0 aliphatic heterocycles. The van der Waals surface area contributed by atoms with Gasteiger partial charge in [-0.1, -0.05) is 6.92 Å². The van der Waals surface area contributed by atoms with Crippen molar-refractivity contribution in [2.24, 2.45) is 5.92 Å². The second-order valence-corrected chi connectivity index (χ2v) is 5.09. The third kappa shape index (κ3) is 3.70. The van der Waals surface area contributed by atoms with E-state index in [1.54, 1.807) is 24.3 Å². The van der Waals surface area contributed by atoms with E-state index >= 15 is 0 Å². The lowest BCUT2D eigenvalue weighted by Crippen LogP contribution is -2.38. The molecule has 1 heterocycles. The fraction of sp³-hybridized carbons (Fsp3) is 0.312. The van der Waals surface area contributed by atoms with E-state index < -0.39 is 0 Å². The van der Waals surface area contributed by atoms with Gasteiger partial charge in [0.1, 0.15) is 11.6 Å². The average molecular weight is 291 g/mol. The molecule has 1 aromatic carbocycles. The number of rotatable bonds is 5. The Morgan fingerprint density at radius 2 is 1.90 bits per heavy atom. The van der Waals surface area contributed by atoms with Gasteiger partial charge in [0.05, 0.1) is 0 Å². The normalized spacial score (nSPS) is 13.7. The summed E-state index contributed by atoms with van der Waals surface area (Å²) in [7, 11) is 0. The van der Waals surface area contributed by atoms with E-state index in [0.717, 1.165) is 0 Å². The summed E-state index contributed by atoms with van der Waals surface area (Å²) in [4.78, 5) is 12.0. The van der Waals surface area contributed by atoms with Crippen LogP contribution in [0.15, 0.2) is 40.8 Å². The van der Waals surface area contributed by atoms with E-state index in [9.17, 15) is 9.18 Å². The minimum atomic E-state index is -0.337. The van der Waals surface area contributed by atoms with Crippen LogP contribution in [0.25, 0.3) is 11.3 Å². The molecule has 0 saturated heterocycles. The second-order valence-electron chi connectivity index (χ2n) is 5.09. The van der Waals surface area contributed by atoms with Gasteiger partial charge in [0.25, 0.3) is 5.91 Å². The van der Waals surface area contributed by atoms with E-state index in [1.807, 2.05) is 13.8 Å². The summed E-state index contributed by atoms with van der Waals surface area (Å²) in [6.45, 7) is 3.67. The number of hydrogen-bond donors (Lipinski definition) is 2. The van der Waals surface area contributed by atoms with Crippen LogP contribution in [0.5, 0.6) is 0 Å². The van der Waals surface area contributed by atoms with Crippen LogP contribution in [-0.2, 0) is 0 Å². The molecule has 2 aromatic rings. The Balaban J connectivity index is 2.09. The molecule has 112 valence electrons.